The molecule has 0 atom stereocenters. The number of hydrogen-bond acceptors (Lipinski definition) is 3. The molecule has 200 valence electrons. The minimum atomic E-state index is 0.182. The Morgan fingerprint density at radius 3 is 0.853 bits per heavy atom. The Labute approximate surface area is 213 Å². The fourth-order valence-electron chi connectivity index (χ4n) is 10.2. The normalized spacial score (nSPS) is 31.3. The lowest BCUT2D eigenvalue weighted by atomic mass is 9.46. The number of rotatable bonds is 5. The maximum absolute atomic E-state index is 4.02. The van der Waals surface area contributed by atoms with Gasteiger partial charge in [0.1, 0.15) is 0 Å². The van der Waals surface area contributed by atoms with Crippen LogP contribution in [0.5, 0.6) is 0 Å². The first-order chi connectivity index (χ1) is 15.1. The van der Waals surface area contributed by atoms with Gasteiger partial charge in [0.2, 0.25) is 0 Å². The van der Waals surface area contributed by atoms with E-state index < -0.39 is 0 Å². The molecule has 3 rings (SSSR count). The van der Waals surface area contributed by atoms with Gasteiger partial charge in [-0.1, -0.05) is 13.3 Å². The van der Waals surface area contributed by atoms with Crippen molar-refractivity contribution in [3.63, 3.8) is 0 Å². The molecule has 3 N–H and O–H groups in total. The summed E-state index contributed by atoms with van der Waals surface area (Å²) in [4.78, 5) is 0. The average molecular weight is 476 g/mol. The molecule has 3 heteroatoms. The van der Waals surface area contributed by atoms with Crippen molar-refractivity contribution in [1.29, 1.82) is 0 Å². The highest BCUT2D eigenvalue weighted by Gasteiger charge is 2.59. The van der Waals surface area contributed by atoms with Crippen LogP contribution in [0.15, 0.2) is 0 Å². The molecule has 3 fully saturated rings. The van der Waals surface area contributed by atoms with E-state index in [-0.39, 0.29) is 33.2 Å². The van der Waals surface area contributed by atoms with Crippen LogP contribution in [0.4, 0.5) is 0 Å². The topological polar surface area (TPSA) is 36.1 Å². The third kappa shape index (κ3) is 6.23. The lowest BCUT2D eigenvalue weighted by Gasteiger charge is -2.64. The van der Waals surface area contributed by atoms with E-state index in [0.717, 1.165) is 17.8 Å². The van der Waals surface area contributed by atoms with Gasteiger partial charge in [-0.3, -0.25) is 0 Å². The largest absolute Gasteiger partial charge is 0.307 e. The summed E-state index contributed by atoms with van der Waals surface area (Å²) in [7, 11) is 0. The predicted molar refractivity (Wildman–Crippen MR) is 149 cm³/mol. The molecular weight excluding hydrogens is 414 g/mol. The maximum Gasteiger partial charge on any atom is 0.0132 e. The fourth-order valence-corrected chi connectivity index (χ4v) is 10.2. The van der Waals surface area contributed by atoms with Crippen molar-refractivity contribution < 1.29 is 0 Å². The van der Waals surface area contributed by atoms with Gasteiger partial charge < -0.3 is 16.0 Å². The molecule has 0 unspecified atom stereocenters. The van der Waals surface area contributed by atoms with Crippen molar-refractivity contribution >= 4 is 0 Å². The van der Waals surface area contributed by atoms with Gasteiger partial charge in [-0.2, -0.15) is 0 Å². The zero-order valence-electron chi connectivity index (χ0n) is 25.4. The molecule has 0 aromatic carbocycles. The van der Waals surface area contributed by atoms with Gasteiger partial charge in [0.15, 0.2) is 0 Å². The monoisotopic (exact) mass is 475 g/mol. The first-order valence-electron chi connectivity index (χ1n) is 14.5. The van der Waals surface area contributed by atoms with Crippen molar-refractivity contribution in [2.75, 3.05) is 0 Å². The van der Waals surface area contributed by atoms with Crippen molar-refractivity contribution in [3.8, 4) is 0 Å². The lowest BCUT2D eigenvalue weighted by Crippen LogP contribution is -2.67. The first kappa shape index (κ1) is 28.5. The van der Waals surface area contributed by atoms with Crippen LogP contribution in [0.2, 0.25) is 0 Å². The molecule has 0 aromatic heterocycles. The van der Waals surface area contributed by atoms with E-state index >= 15 is 0 Å². The third-order valence-electron chi connectivity index (χ3n) is 9.53. The summed E-state index contributed by atoms with van der Waals surface area (Å²) in [6.07, 6.45) is 10.5. The highest BCUT2D eigenvalue weighted by atomic mass is 15.1. The molecule has 0 aliphatic carbocycles. The molecule has 3 aliphatic rings. The summed E-state index contributed by atoms with van der Waals surface area (Å²) in [6.45, 7) is 32.0. The number of hydrogen-bond donors (Lipinski definition) is 3. The van der Waals surface area contributed by atoms with Crippen LogP contribution in [0.1, 0.15) is 141 Å². The number of piperidine rings is 3. The molecular formula is C31H61N3. The van der Waals surface area contributed by atoms with Crippen molar-refractivity contribution in [2.24, 2.45) is 23.2 Å². The van der Waals surface area contributed by atoms with Crippen LogP contribution in [-0.2, 0) is 0 Å². The molecule has 0 radical (unpaired) electrons. The highest BCUT2D eigenvalue weighted by molar-refractivity contribution is 5.13. The number of nitrogens with one attached hydrogen (secondary N) is 3. The highest BCUT2D eigenvalue weighted by Crippen LogP contribution is 2.61. The summed E-state index contributed by atoms with van der Waals surface area (Å²) < 4.78 is 0. The van der Waals surface area contributed by atoms with Gasteiger partial charge in [0.25, 0.3) is 0 Å². The second-order valence-corrected chi connectivity index (χ2v) is 16.9. The van der Waals surface area contributed by atoms with Crippen molar-refractivity contribution in [1.82, 2.24) is 16.0 Å². The molecule has 0 saturated carbocycles. The molecule has 34 heavy (non-hydrogen) atoms. The minimum absolute atomic E-state index is 0.182. The summed E-state index contributed by atoms with van der Waals surface area (Å²) in [6, 6.07) is 0. The van der Waals surface area contributed by atoms with E-state index in [1.807, 2.05) is 0 Å². The second-order valence-electron chi connectivity index (χ2n) is 16.9. The molecule has 0 bridgehead atoms. The molecule has 0 aromatic rings. The van der Waals surface area contributed by atoms with Crippen LogP contribution in [0.25, 0.3) is 0 Å². The molecule has 3 nitrogen and oxygen atoms in total. The summed E-state index contributed by atoms with van der Waals surface area (Å²) in [5, 5.41) is 12.1. The summed E-state index contributed by atoms with van der Waals surface area (Å²) >= 11 is 0. The van der Waals surface area contributed by atoms with E-state index in [1.54, 1.807) is 0 Å². The van der Waals surface area contributed by atoms with Crippen LogP contribution < -0.4 is 16.0 Å². The van der Waals surface area contributed by atoms with Gasteiger partial charge in [-0.25, -0.2) is 0 Å². The standard InChI is InChI=1S/C31H61N3/c1-14-15-31(22-16-25(2,3)32-26(4,5)17-22,23-18-27(6,7)33-28(8,9)19-23)24-20-29(10,11)34-30(12,13)21-24/h22-24,32-34H,14-21H2,1-13H3. The van der Waals surface area contributed by atoms with Crippen LogP contribution in [-0.4, -0.2) is 33.2 Å². The van der Waals surface area contributed by atoms with Crippen molar-refractivity contribution in [2.45, 2.75) is 175 Å². The summed E-state index contributed by atoms with van der Waals surface area (Å²) in [5.74, 6) is 2.26. The maximum atomic E-state index is 4.02. The van der Waals surface area contributed by atoms with E-state index in [1.165, 1.54) is 51.4 Å². The molecule has 3 aliphatic heterocycles. The Morgan fingerprint density at radius 2 is 0.676 bits per heavy atom. The van der Waals surface area contributed by atoms with E-state index in [9.17, 15) is 0 Å². The van der Waals surface area contributed by atoms with Gasteiger partial charge in [0.05, 0.1) is 0 Å². The molecule has 3 heterocycles. The van der Waals surface area contributed by atoms with Crippen LogP contribution in [0, 0.1) is 23.2 Å². The van der Waals surface area contributed by atoms with Gasteiger partial charge in [-0.05, 0) is 151 Å². The van der Waals surface area contributed by atoms with Gasteiger partial charge in [-0.15, -0.1) is 0 Å². The average Bonchev–Trinajstić information content (AvgIpc) is 2.50. The third-order valence-corrected chi connectivity index (χ3v) is 9.53. The quantitative estimate of drug-likeness (QED) is 0.386. The zero-order valence-corrected chi connectivity index (χ0v) is 25.4. The molecule has 0 spiro atoms. The Kier molecular flexibility index (Phi) is 7.30. The van der Waals surface area contributed by atoms with Crippen LogP contribution >= 0.6 is 0 Å². The Morgan fingerprint density at radius 1 is 0.471 bits per heavy atom. The van der Waals surface area contributed by atoms with Gasteiger partial charge >= 0.3 is 0 Å². The Bertz CT molecular complexity index is 586. The van der Waals surface area contributed by atoms with Gasteiger partial charge in [0, 0.05) is 33.2 Å². The molecule has 3 saturated heterocycles. The van der Waals surface area contributed by atoms with E-state index in [4.69, 9.17) is 0 Å². The van der Waals surface area contributed by atoms with E-state index in [2.05, 4.69) is 106 Å². The van der Waals surface area contributed by atoms with E-state index in [0.29, 0.717) is 5.41 Å². The zero-order chi connectivity index (χ0) is 26.0. The smallest absolute Gasteiger partial charge is 0.0132 e. The second kappa shape index (κ2) is 8.73. The molecule has 0 amide bonds. The SMILES string of the molecule is CCCC(C1CC(C)(C)NC(C)(C)C1)(C1CC(C)(C)NC(C)(C)C1)C1CC(C)(C)NC(C)(C)C1. The minimum Gasteiger partial charge on any atom is -0.307 e. The lowest BCUT2D eigenvalue weighted by molar-refractivity contribution is -0.115. The van der Waals surface area contributed by atoms with Crippen molar-refractivity contribution in [3.05, 3.63) is 0 Å². The van der Waals surface area contributed by atoms with Crippen LogP contribution in [0.3, 0.4) is 0 Å². The predicted octanol–water partition coefficient (Wildman–Crippen LogP) is 7.44. The fraction of sp³-hybridized carbons (Fsp3) is 1.00. The first-order valence-corrected chi connectivity index (χ1v) is 14.5. The summed E-state index contributed by atoms with van der Waals surface area (Å²) in [5.41, 5.74) is 1.46. The Balaban J connectivity index is 2.20. The Hall–Kier alpha value is -0.120.